The van der Waals surface area contributed by atoms with Gasteiger partial charge in [-0.25, -0.2) is 15.0 Å². The standard InChI is InChI=1S/C25H21N3O8/c1-14-21-19(26-27-23(29)15-6-10-17(11-7-15)28(32)33)4-3-5-20(21)36-22(14)25(31)35-18-12-8-16(9-13-18)24(30)34-2/h6-13H,3-5H2,1-2H3,(H,27,29)/b26-19+. The van der Waals surface area contributed by atoms with E-state index in [2.05, 4.69) is 15.3 Å². The zero-order chi connectivity index (χ0) is 25.8. The summed E-state index contributed by atoms with van der Waals surface area (Å²) in [6.07, 6.45) is 1.85. The molecule has 184 valence electrons. The van der Waals surface area contributed by atoms with Crippen molar-refractivity contribution < 1.29 is 33.2 Å². The molecule has 0 unspecified atom stereocenters. The van der Waals surface area contributed by atoms with Gasteiger partial charge in [0.05, 0.1) is 23.3 Å². The number of fused-ring (bicyclic) bond motifs is 1. The number of ether oxygens (including phenoxy) is 2. The van der Waals surface area contributed by atoms with Crippen molar-refractivity contribution in [1.82, 2.24) is 5.43 Å². The number of benzene rings is 2. The van der Waals surface area contributed by atoms with Crippen molar-refractivity contribution in [3.05, 3.63) is 92.4 Å². The summed E-state index contributed by atoms with van der Waals surface area (Å²) in [5, 5.41) is 15.0. The van der Waals surface area contributed by atoms with Crippen LogP contribution in [-0.2, 0) is 11.2 Å². The zero-order valence-electron chi connectivity index (χ0n) is 19.4. The van der Waals surface area contributed by atoms with Crippen LogP contribution in [-0.4, -0.2) is 35.6 Å². The van der Waals surface area contributed by atoms with Gasteiger partial charge in [0.25, 0.3) is 11.6 Å². The van der Waals surface area contributed by atoms with Crippen molar-refractivity contribution in [2.24, 2.45) is 5.10 Å². The molecule has 4 rings (SSSR count). The summed E-state index contributed by atoms with van der Waals surface area (Å²) in [6.45, 7) is 1.71. The number of nitro groups is 1. The Kier molecular flexibility index (Phi) is 6.91. The summed E-state index contributed by atoms with van der Waals surface area (Å²) in [4.78, 5) is 47.1. The minimum Gasteiger partial charge on any atom is -0.465 e. The molecule has 0 radical (unpaired) electrons. The number of hydrogen-bond acceptors (Lipinski definition) is 9. The lowest BCUT2D eigenvalue weighted by molar-refractivity contribution is -0.384. The molecular formula is C25H21N3O8. The van der Waals surface area contributed by atoms with Gasteiger partial charge < -0.3 is 13.9 Å². The molecule has 0 fully saturated rings. The van der Waals surface area contributed by atoms with Crippen LogP contribution in [0.2, 0.25) is 0 Å². The van der Waals surface area contributed by atoms with Gasteiger partial charge in [-0.05, 0) is 56.2 Å². The van der Waals surface area contributed by atoms with Crippen molar-refractivity contribution >= 4 is 29.2 Å². The van der Waals surface area contributed by atoms with Gasteiger partial charge in [0.1, 0.15) is 11.5 Å². The van der Waals surface area contributed by atoms with E-state index < -0.39 is 22.8 Å². The van der Waals surface area contributed by atoms with Crippen molar-refractivity contribution in [3.8, 4) is 5.75 Å². The van der Waals surface area contributed by atoms with Crippen LogP contribution in [0.4, 0.5) is 5.69 Å². The molecule has 3 aromatic rings. The van der Waals surface area contributed by atoms with E-state index in [1.807, 2.05) is 0 Å². The predicted octanol–water partition coefficient (Wildman–Crippen LogP) is 3.97. The van der Waals surface area contributed by atoms with Gasteiger partial charge >= 0.3 is 11.9 Å². The van der Waals surface area contributed by atoms with Crippen LogP contribution >= 0.6 is 0 Å². The van der Waals surface area contributed by atoms with Gasteiger partial charge in [0, 0.05) is 35.2 Å². The average Bonchev–Trinajstić information content (AvgIpc) is 3.24. The summed E-state index contributed by atoms with van der Waals surface area (Å²) < 4.78 is 15.9. The Hall–Kier alpha value is -4.80. The molecule has 0 saturated carbocycles. The molecule has 0 aliphatic heterocycles. The van der Waals surface area contributed by atoms with E-state index in [0.29, 0.717) is 47.4 Å². The summed E-state index contributed by atoms with van der Waals surface area (Å²) in [5.74, 6) is -0.924. The molecule has 1 aromatic heterocycles. The number of furan rings is 1. The maximum atomic E-state index is 12.8. The van der Waals surface area contributed by atoms with Crippen molar-refractivity contribution in [3.63, 3.8) is 0 Å². The SMILES string of the molecule is COC(=O)c1ccc(OC(=O)c2oc3c(c2C)/C(=N/NC(=O)c2ccc([N+](=O)[O-])cc2)CCC3)cc1. The second-order valence-electron chi connectivity index (χ2n) is 7.92. The molecule has 1 aliphatic rings. The summed E-state index contributed by atoms with van der Waals surface area (Å²) >= 11 is 0. The lowest BCUT2D eigenvalue weighted by atomic mass is 9.93. The number of hydrogen-bond donors (Lipinski definition) is 1. The van der Waals surface area contributed by atoms with E-state index in [1.54, 1.807) is 6.92 Å². The monoisotopic (exact) mass is 491 g/mol. The van der Waals surface area contributed by atoms with E-state index in [-0.39, 0.29) is 22.8 Å². The molecule has 2 aromatic carbocycles. The normalized spacial score (nSPS) is 13.6. The number of rotatable bonds is 6. The number of nitrogens with one attached hydrogen (secondary N) is 1. The molecule has 0 bridgehead atoms. The van der Waals surface area contributed by atoms with Crippen LogP contribution < -0.4 is 10.2 Å². The Morgan fingerprint density at radius 1 is 1.00 bits per heavy atom. The largest absolute Gasteiger partial charge is 0.465 e. The highest BCUT2D eigenvalue weighted by Crippen LogP contribution is 2.30. The highest BCUT2D eigenvalue weighted by Gasteiger charge is 2.29. The number of nitro benzene ring substituents is 1. The van der Waals surface area contributed by atoms with Gasteiger partial charge in [-0.1, -0.05) is 0 Å². The number of amides is 1. The lowest BCUT2D eigenvalue weighted by Gasteiger charge is -2.13. The van der Waals surface area contributed by atoms with Crippen LogP contribution in [0.5, 0.6) is 5.75 Å². The molecule has 0 spiro atoms. The van der Waals surface area contributed by atoms with Crippen LogP contribution in [0.25, 0.3) is 0 Å². The second-order valence-corrected chi connectivity index (χ2v) is 7.92. The highest BCUT2D eigenvalue weighted by atomic mass is 16.6. The molecule has 0 atom stereocenters. The number of hydrazone groups is 1. The zero-order valence-corrected chi connectivity index (χ0v) is 19.4. The third kappa shape index (κ3) is 4.99. The first kappa shape index (κ1) is 24.3. The van der Waals surface area contributed by atoms with Gasteiger partial charge in [0.15, 0.2) is 0 Å². The number of nitrogens with zero attached hydrogens (tertiary/aromatic N) is 2. The minimum absolute atomic E-state index is 0.0216. The van der Waals surface area contributed by atoms with Gasteiger partial charge in [-0.15, -0.1) is 0 Å². The summed E-state index contributed by atoms with van der Waals surface area (Å²) in [5.41, 5.74) is 4.60. The molecule has 36 heavy (non-hydrogen) atoms. The fourth-order valence-electron chi connectivity index (χ4n) is 3.82. The topological polar surface area (TPSA) is 150 Å². The smallest absolute Gasteiger partial charge is 0.379 e. The molecule has 0 saturated heterocycles. The van der Waals surface area contributed by atoms with Gasteiger partial charge in [-0.2, -0.15) is 5.10 Å². The average molecular weight is 491 g/mol. The summed E-state index contributed by atoms with van der Waals surface area (Å²) in [7, 11) is 1.27. The number of carbonyl (C=O) groups is 3. The van der Waals surface area contributed by atoms with E-state index in [0.717, 1.165) is 0 Å². The van der Waals surface area contributed by atoms with E-state index in [1.165, 1.54) is 55.6 Å². The number of carbonyl (C=O) groups excluding carboxylic acids is 3. The number of esters is 2. The summed E-state index contributed by atoms with van der Waals surface area (Å²) in [6, 6.07) is 11.1. The van der Waals surface area contributed by atoms with Crippen LogP contribution in [0, 0.1) is 17.0 Å². The molecule has 1 aliphatic carbocycles. The lowest BCUT2D eigenvalue weighted by Crippen LogP contribution is -2.22. The Balaban J connectivity index is 1.50. The Morgan fingerprint density at radius 2 is 1.67 bits per heavy atom. The second kappa shape index (κ2) is 10.2. The first-order valence-corrected chi connectivity index (χ1v) is 10.9. The first-order valence-electron chi connectivity index (χ1n) is 10.9. The van der Waals surface area contributed by atoms with Crippen molar-refractivity contribution in [1.29, 1.82) is 0 Å². The maximum Gasteiger partial charge on any atom is 0.379 e. The maximum absolute atomic E-state index is 12.8. The number of methoxy groups -OCH3 is 1. The quantitative estimate of drug-likeness (QED) is 0.235. The third-order valence-corrected chi connectivity index (χ3v) is 5.63. The Morgan fingerprint density at radius 3 is 2.31 bits per heavy atom. The molecular weight excluding hydrogens is 470 g/mol. The Bertz CT molecular complexity index is 1370. The molecule has 11 nitrogen and oxygen atoms in total. The predicted molar refractivity (Wildman–Crippen MR) is 126 cm³/mol. The van der Waals surface area contributed by atoms with Crippen molar-refractivity contribution in [2.75, 3.05) is 7.11 Å². The fraction of sp³-hybridized carbons (Fsp3) is 0.200. The highest BCUT2D eigenvalue weighted by molar-refractivity contribution is 6.06. The molecule has 1 amide bonds. The molecule has 11 heteroatoms. The van der Waals surface area contributed by atoms with Gasteiger partial charge in [0.2, 0.25) is 5.76 Å². The van der Waals surface area contributed by atoms with Crippen LogP contribution in [0.3, 0.4) is 0 Å². The van der Waals surface area contributed by atoms with Crippen LogP contribution in [0.15, 0.2) is 58.0 Å². The van der Waals surface area contributed by atoms with E-state index in [4.69, 9.17) is 9.15 Å². The van der Waals surface area contributed by atoms with E-state index >= 15 is 0 Å². The molecule has 1 heterocycles. The minimum atomic E-state index is -0.706. The van der Waals surface area contributed by atoms with Crippen LogP contribution in [0.1, 0.15) is 61.0 Å². The van der Waals surface area contributed by atoms with Gasteiger partial charge in [-0.3, -0.25) is 14.9 Å². The van der Waals surface area contributed by atoms with E-state index in [9.17, 15) is 24.5 Å². The Labute approximate surface area is 204 Å². The fourth-order valence-corrected chi connectivity index (χ4v) is 3.82. The first-order chi connectivity index (χ1) is 17.3. The number of non-ortho nitro benzene ring substituents is 1. The van der Waals surface area contributed by atoms with Crippen molar-refractivity contribution in [2.45, 2.75) is 26.2 Å². The molecule has 1 N–H and O–H groups in total. The number of aryl methyl sites for hydroxylation is 1. The third-order valence-electron chi connectivity index (χ3n) is 5.63.